The lowest BCUT2D eigenvalue weighted by Crippen LogP contribution is -2.19. The number of aliphatic imine (C=N–C) groups is 1. The Hall–Kier alpha value is -0.800. The Morgan fingerprint density at radius 3 is 2.80 bits per heavy atom. The highest BCUT2D eigenvalue weighted by Gasteiger charge is 2.14. The van der Waals surface area contributed by atoms with Crippen molar-refractivity contribution >= 4 is 23.8 Å². The van der Waals surface area contributed by atoms with Gasteiger partial charge >= 0.3 is 5.97 Å². The summed E-state index contributed by atoms with van der Waals surface area (Å²) in [7, 11) is 0. The fraction of sp³-hybridized carbons (Fsp3) is 0.600. The molecular formula is C5H7NO3S. The van der Waals surface area contributed by atoms with Gasteiger partial charge < -0.3 is 5.11 Å². The van der Waals surface area contributed by atoms with Crippen molar-refractivity contribution in [2.75, 3.05) is 12.0 Å². The third-order valence-electron chi connectivity index (χ3n) is 0.818. The van der Waals surface area contributed by atoms with Crippen LogP contribution in [-0.2, 0) is 9.59 Å². The normalized spacial score (nSPS) is 11.7. The number of carbonyl (C=O) groups is 1. The van der Waals surface area contributed by atoms with E-state index in [0.717, 1.165) is 0 Å². The van der Waals surface area contributed by atoms with Crippen LogP contribution in [0.4, 0.5) is 0 Å². The second-order valence-corrected chi connectivity index (χ2v) is 2.44. The zero-order valence-corrected chi connectivity index (χ0v) is 6.22. The number of isocyanates is 1. The van der Waals surface area contributed by atoms with Crippen LogP contribution in [0.15, 0.2) is 4.99 Å². The maximum Gasteiger partial charge on any atom is 0.330 e. The molecule has 0 rings (SSSR count). The van der Waals surface area contributed by atoms with Gasteiger partial charge in [0.1, 0.15) is 0 Å². The van der Waals surface area contributed by atoms with Gasteiger partial charge in [-0.25, -0.2) is 9.59 Å². The molecule has 0 aliphatic carbocycles. The zero-order valence-electron chi connectivity index (χ0n) is 5.40. The van der Waals surface area contributed by atoms with Crippen molar-refractivity contribution in [1.29, 1.82) is 0 Å². The van der Waals surface area contributed by atoms with Gasteiger partial charge in [0, 0.05) is 5.75 Å². The first kappa shape index (κ1) is 9.20. The molecule has 10 heavy (non-hydrogen) atoms. The van der Waals surface area contributed by atoms with E-state index in [1.165, 1.54) is 17.8 Å². The minimum Gasteiger partial charge on any atom is -0.480 e. The molecule has 0 aromatic heterocycles. The van der Waals surface area contributed by atoms with E-state index in [-0.39, 0.29) is 0 Å². The van der Waals surface area contributed by atoms with Crippen LogP contribution in [0.1, 0.15) is 0 Å². The number of carbonyl (C=O) groups excluding carboxylic acids is 1. The van der Waals surface area contributed by atoms with Crippen LogP contribution in [0.25, 0.3) is 0 Å². The molecule has 0 spiro atoms. The Kier molecular flexibility index (Phi) is 4.62. The molecule has 0 aromatic carbocycles. The summed E-state index contributed by atoms with van der Waals surface area (Å²) >= 11 is 1.32. The van der Waals surface area contributed by atoms with Gasteiger partial charge in [0.25, 0.3) is 0 Å². The molecule has 0 radical (unpaired) electrons. The Labute approximate surface area is 62.3 Å². The molecule has 5 heteroatoms. The predicted octanol–water partition coefficient (Wildman–Crippen LogP) is 0.138. The molecule has 4 nitrogen and oxygen atoms in total. The van der Waals surface area contributed by atoms with Crippen molar-refractivity contribution < 1.29 is 14.7 Å². The third-order valence-corrected chi connectivity index (χ3v) is 1.47. The quantitative estimate of drug-likeness (QED) is 0.470. The molecule has 0 aliphatic rings. The average molecular weight is 161 g/mol. The predicted molar refractivity (Wildman–Crippen MR) is 37.9 cm³/mol. The fourth-order valence-electron chi connectivity index (χ4n) is 0.385. The van der Waals surface area contributed by atoms with E-state index in [1.54, 1.807) is 6.26 Å². The van der Waals surface area contributed by atoms with E-state index in [0.29, 0.717) is 5.75 Å². The largest absolute Gasteiger partial charge is 0.480 e. The van der Waals surface area contributed by atoms with Crippen LogP contribution in [0.5, 0.6) is 0 Å². The molecule has 1 unspecified atom stereocenters. The SMILES string of the molecule is CSCC(N=C=O)C(=O)O. The fourth-order valence-corrected chi connectivity index (χ4v) is 0.918. The first-order chi connectivity index (χ1) is 4.72. The molecule has 1 N–H and O–H groups in total. The minimum absolute atomic E-state index is 0.310. The lowest BCUT2D eigenvalue weighted by molar-refractivity contribution is -0.137. The van der Waals surface area contributed by atoms with Crippen LogP contribution < -0.4 is 0 Å². The van der Waals surface area contributed by atoms with Crippen molar-refractivity contribution in [3.05, 3.63) is 0 Å². The number of rotatable bonds is 4. The van der Waals surface area contributed by atoms with Crippen LogP contribution in [0.2, 0.25) is 0 Å². The topological polar surface area (TPSA) is 66.7 Å². The highest BCUT2D eigenvalue weighted by atomic mass is 32.2. The number of carboxylic acid groups (broad SMARTS) is 1. The Balaban J connectivity index is 3.97. The molecule has 0 saturated heterocycles. The zero-order chi connectivity index (χ0) is 7.98. The van der Waals surface area contributed by atoms with E-state index in [4.69, 9.17) is 5.11 Å². The Morgan fingerprint density at radius 1 is 1.90 bits per heavy atom. The van der Waals surface area contributed by atoms with Crippen LogP contribution in [-0.4, -0.2) is 35.2 Å². The molecule has 1 atom stereocenters. The molecule has 0 aromatic rings. The molecule has 56 valence electrons. The van der Waals surface area contributed by atoms with Crippen molar-refractivity contribution in [3.8, 4) is 0 Å². The van der Waals surface area contributed by atoms with E-state index in [2.05, 4.69) is 4.99 Å². The minimum atomic E-state index is -1.09. The third kappa shape index (κ3) is 3.27. The molecule has 0 aliphatic heterocycles. The van der Waals surface area contributed by atoms with E-state index < -0.39 is 12.0 Å². The van der Waals surface area contributed by atoms with Gasteiger partial charge in [0.2, 0.25) is 6.08 Å². The Bertz CT molecular complexity index is 162. The number of hydrogen-bond acceptors (Lipinski definition) is 4. The summed E-state index contributed by atoms with van der Waals surface area (Å²) in [6.45, 7) is 0. The maximum atomic E-state index is 10.2. The second-order valence-electron chi connectivity index (χ2n) is 1.53. The summed E-state index contributed by atoms with van der Waals surface area (Å²) in [5.41, 5.74) is 0. The van der Waals surface area contributed by atoms with Crippen LogP contribution in [0.3, 0.4) is 0 Å². The highest BCUT2D eigenvalue weighted by molar-refractivity contribution is 7.98. The monoisotopic (exact) mass is 161 g/mol. The molecule has 0 bridgehead atoms. The number of aliphatic carboxylic acids is 1. The van der Waals surface area contributed by atoms with Crippen molar-refractivity contribution in [2.24, 2.45) is 4.99 Å². The lowest BCUT2D eigenvalue weighted by atomic mass is 10.4. The number of nitrogens with zero attached hydrogens (tertiary/aromatic N) is 1. The molecule has 0 fully saturated rings. The van der Waals surface area contributed by atoms with Crippen molar-refractivity contribution in [1.82, 2.24) is 0 Å². The van der Waals surface area contributed by atoms with E-state index in [9.17, 15) is 9.59 Å². The summed E-state index contributed by atoms with van der Waals surface area (Å²) in [5.74, 6) is -0.775. The Morgan fingerprint density at radius 2 is 2.50 bits per heavy atom. The van der Waals surface area contributed by atoms with Crippen LogP contribution >= 0.6 is 11.8 Å². The number of thioether (sulfide) groups is 1. The standard InChI is InChI=1S/C5H7NO3S/c1-10-2-4(5(8)9)6-3-7/h4H,2H2,1H3,(H,8,9). The number of hydrogen-bond donors (Lipinski definition) is 1. The second kappa shape index (κ2) is 5.02. The van der Waals surface area contributed by atoms with Gasteiger partial charge in [-0.05, 0) is 6.26 Å². The van der Waals surface area contributed by atoms with Gasteiger partial charge in [-0.15, -0.1) is 0 Å². The van der Waals surface area contributed by atoms with Crippen molar-refractivity contribution in [2.45, 2.75) is 6.04 Å². The van der Waals surface area contributed by atoms with Gasteiger partial charge in [-0.3, -0.25) is 0 Å². The number of carboxylic acids is 1. The van der Waals surface area contributed by atoms with Gasteiger partial charge in [0.15, 0.2) is 6.04 Å². The molecule has 0 heterocycles. The summed E-state index contributed by atoms with van der Waals surface area (Å²) in [6.07, 6.45) is 2.96. The molecule has 0 amide bonds. The summed E-state index contributed by atoms with van der Waals surface area (Å²) in [6, 6.07) is -0.938. The summed E-state index contributed by atoms with van der Waals surface area (Å²) in [5, 5.41) is 8.35. The summed E-state index contributed by atoms with van der Waals surface area (Å²) in [4.78, 5) is 22.9. The smallest absolute Gasteiger partial charge is 0.330 e. The average Bonchev–Trinajstić information content (AvgIpc) is 1.87. The summed E-state index contributed by atoms with van der Waals surface area (Å²) < 4.78 is 0. The van der Waals surface area contributed by atoms with E-state index >= 15 is 0 Å². The highest BCUT2D eigenvalue weighted by Crippen LogP contribution is 2.00. The molecule has 0 saturated carbocycles. The van der Waals surface area contributed by atoms with Crippen LogP contribution in [0, 0.1) is 0 Å². The van der Waals surface area contributed by atoms with Crippen molar-refractivity contribution in [3.63, 3.8) is 0 Å². The lowest BCUT2D eigenvalue weighted by Gasteiger charge is -1.99. The maximum absolute atomic E-state index is 10.2. The van der Waals surface area contributed by atoms with Gasteiger partial charge in [-0.1, -0.05) is 0 Å². The van der Waals surface area contributed by atoms with E-state index in [1.807, 2.05) is 0 Å². The molecular weight excluding hydrogens is 154 g/mol. The van der Waals surface area contributed by atoms with Gasteiger partial charge in [0.05, 0.1) is 0 Å². The first-order valence-electron chi connectivity index (χ1n) is 2.51. The first-order valence-corrected chi connectivity index (χ1v) is 3.90. The van der Waals surface area contributed by atoms with Gasteiger partial charge in [-0.2, -0.15) is 16.8 Å².